The normalized spacial score (nSPS) is 16.0. The van der Waals surface area contributed by atoms with Gasteiger partial charge in [-0.25, -0.2) is 9.97 Å². The molecule has 0 bridgehead atoms. The van der Waals surface area contributed by atoms with Crippen LogP contribution in [0.2, 0.25) is 0 Å². The number of amides is 9. The lowest BCUT2D eigenvalue weighted by Crippen LogP contribution is -2.60. The van der Waals surface area contributed by atoms with Crippen LogP contribution in [0.25, 0.3) is 10.9 Å². The van der Waals surface area contributed by atoms with Crippen molar-refractivity contribution in [3.8, 4) is 0 Å². The molecule has 13 N–H and O–H groups in total. The molecule has 3 aromatic carbocycles. The SMILES string of the molecule is CC(C)[C@H](NC(=O)[C@H](C)NC(=O)[C@H](Cc1c[nH]c2ccccc12)NC(=O)[C@H](Cc1cnc[nH]1)NC(=O)CCc1ccccc1)C(=O)N[C@@H](C)C(=O)N[C@@H](Cc1cnc[nH]1)C(=O)N1CCC[C@H]1C(O)CC(=O)N[C@@H](Cc1ccccc1)C(N)=O. The number of aliphatic hydroxyl groups excluding tert-OH is 1. The summed E-state index contributed by atoms with van der Waals surface area (Å²) >= 11 is 0. The number of benzene rings is 3. The molecular weight excluding hydrogens is 1060 g/mol. The van der Waals surface area contributed by atoms with Crippen molar-refractivity contribution in [3.05, 3.63) is 144 Å². The number of rotatable bonds is 29. The molecule has 7 rings (SSSR count). The number of aliphatic hydroxyl groups is 1. The van der Waals surface area contributed by atoms with Crippen molar-refractivity contribution in [2.45, 2.75) is 140 Å². The summed E-state index contributed by atoms with van der Waals surface area (Å²) in [5, 5.41) is 31.2. The van der Waals surface area contributed by atoms with Crippen LogP contribution in [-0.4, -0.2) is 149 Å². The number of carbonyl (C=O) groups is 9. The average Bonchev–Trinajstić information content (AvgIpc) is 4.55. The molecule has 440 valence electrons. The molecule has 6 aromatic rings. The van der Waals surface area contributed by atoms with Gasteiger partial charge in [-0.05, 0) is 61.8 Å². The number of nitrogens with zero attached hydrogens (tertiary/aromatic N) is 3. The lowest BCUT2D eigenvalue weighted by molar-refractivity contribution is -0.140. The van der Waals surface area contributed by atoms with Gasteiger partial charge in [-0.15, -0.1) is 0 Å². The van der Waals surface area contributed by atoms with Gasteiger partial charge in [-0.1, -0.05) is 92.7 Å². The van der Waals surface area contributed by atoms with Crippen LogP contribution < -0.4 is 43.0 Å². The molecule has 0 aliphatic carbocycles. The second-order valence-electron chi connectivity index (χ2n) is 21.3. The van der Waals surface area contributed by atoms with Crippen LogP contribution in [0.3, 0.4) is 0 Å². The summed E-state index contributed by atoms with van der Waals surface area (Å²) in [6, 6.07) is 16.6. The van der Waals surface area contributed by atoms with Crippen molar-refractivity contribution in [1.82, 2.24) is 67.0 Å². The van der Waals surface area contributed by atoms with Crippen molar-refractivity contribution >= 4 is 64.1 Å². The lowest BCUT2D eigenvalue weighted by Gasteiger charge is -2.32. The van der Waals surface area contributed by atoms with Crippen molar-refractivity contribution < 1.29 is 48.3 Å². The first-order valence-electron chi connectivity index (χ1n) is 27.8. The second-order valence-corrected chi connectivity index (χ2v) is 21.3. The Labute approximate surface area is 480 Å². The van der Waals surface area contributed by atoms with Gasteiger partial charge in [0.15, 0.2) is 0 Å². The molecule has 24 nitrogen and oxygen atoms in total. The molecule has 1 aliphatic rings. The summed E-state index contributed by atoms with van der Waals surface area (Å²) < 4.78 is 0. The minimum absolute atomic E-state index is 0.0186. The number of aryl methyl sites for hydroxylation is 1. The Morgan fingerprint density at radius 2 is 1.16 bits per heavy atom. The molecule has 9 amide bonds. The predicted molar refractivity (Wildman–Crippen MR) is 306 cm³/mol. The summed E-state index contributed by atoms with van der Waals surface area (Å²) in [4.78, 5) is 142. The Hall–Kier alpha value is -9.19. The van der Waals surface area contributed by atoms with E-state index in [1.807, 2.05) is 60.7 Å². The largest absolute Gasteiger partial charge is 0.390 e. The monoisotopic (exact) mass is 1140 g/mol. The summed E-state index contributed by atoms with van der Waals surface area (Å²) in [6.07, 6.45) is 7.27. The van der Waals surface area contributed by atoms with E-state index in [1.54, 1.807) is 44.3 Å². The molecular formula is C59H74N14O10. The Morgan fingerprint density at radius 1 is 0.602 bits per heavy atom. The topological polar surface area (TPSA) is 360 Å². The first kappa shape index (κ1) is 61.4. The number of para-hydroxylation sites is 1. The molecule has 1 saturated heterocycles. The molecule has 3 aromatic heterocycles. The summed E-state index contributed by atoms with van der Waals surface area (Å²) in [7, 11) is 0. The van der Waals surface area contributed by atoms with E-state index in [-0.39, 0.29) is 44.6 Å². The van der Waals surface area contributed by atoms with Crippen molar-refractivity contribution in [2.75, 3.05) is 6.54 Å². The van der Waals surface area contributed by atoms with E-state index in [9.17, 15) is 48.3 Å². The van der Waals surface area contributed by atoms with Crippen molar-refractivity contribution in [2.24, 2.45) is 11.7 Å². The molecule has 1 unspecified atom stereocenters. The van der Waals surface area contributed by atoms with Gasteiger partial charge in [0, 0.05) is 79.5 Å². The van der Waals surface area contributed by atoms with Crippen LogP contribution in [-0.2, 0) is 75.3 Å². The Morgan fingerprint density at radius 3 is 1.78 bits per heavy atom. The quantitative estimate of drug-likeness (QED) is 0.0311. The third-order valence-electron chi connectivity index (χ3n) is 14.6. The second kappa shape index (κ2) is 29.5. The van der Waals surface area contributed by atoms with E-state index in [1.165, 1.54) is 43.8 Å². The van der Waals surface area contributed by atoms with Crippen molar-refractivity contribution in [1.29, 1.82) is 0 Å². The van der Waals surface area contributed by atoms with Crippen LogP contribution in [0.5, 0.6) is 0 Å². The Balaban J connectivity index is 0.976. The third kappa shape index (κ3) is 17.7. The molecule has 0 saturated carbocycles. The molecule has 24 heteroatoms. The summed E-state index contributed by atoms with van der Waals surface area (Å²) in [6.45, 7) is 6.38. The number of nitrogens with one attached hydrogen (secondary N) is 10. The maximum atomic E-state index is 14.4. The van der Waals surface area contributed by atoms with E-state index in [4.69, 9.17) is 5.73 Å². The van der Waals surface area contributed by atoms with Gasteiger partial charge in [-0.3, -0.25) is 43.2 Å². The first-order valence-corrected chi connectivity index (χ1v) is 27.8. The highest BCUT2D eigenvalue weighted by Gasteiger charge is 2.40. The number of imidazole rings is 2. The summed E-state index contributed by atoms with van der Waals surface area (Å²) in [5.74, 6) is -6.53. The number of fused-ring (bicyclic) bond motifs is 1. The molecule has 1 fully saturated rings. The highest BCUT2D eigenvalue weighted by molar-refractivity contribution is 5.98. The average molecular weight is 1140 g/mol. The minimum atomic E-state index is -1.34. The number of H-pyrrole nitrogens is 3. The number of primary amides is 1. The van der Waals surface area contributed by atoms with Crippen LogP contribution in [0.15, 0.2) is 116 Å². The Kier molecular flexibility index (Phi) is 21.8. The Bertz CT molecular complexity index is 3150. The predicted octanol–water partition coefficient (Wildman–Crippen LogP) is 0.834. The fourth-order valence-corrected chi connectivity index (χ4v) is 9.99. The number of likely N-dealkylation sites (tertiary alicyclic amines) is 1. The lowest BCUT2D eigenvalue weighted by atomic mass is 10.0. The number of aromatic amines is 3. The van der Waals surface area contributed by atoms with Crippen LogP contribution in [0, 0.1) is 5.92 Å². The molecule has 4 heterocycles. The zero-order chi connectivity index (χ0) is 59.6. The number of carbonyl (C=O) groups excluding carboxylic acids is 9. The van der Waals surface area contributed by atoms with Gasteiger partial charge in [0.2, 0.25) is 53.2 Å². The number of hydrogen-bond acceptors (Lipinski definition) is 12. The van der Waals surface area contributed by atoms with Gasteiger partial charge in [0.05, 0.1) is 31.2 Å². The van der Waals surface area contributed by atoms with Gasteiger partial charge in [0.25, 0.3) is 0 Å². The summed E-state index contributed by atoms with van der Waals surface area (Å²) in [5.41, 5.74) is 9.85. The molecule has 0 spiro atoms. The fraction of sp³-hybridized carbons (Fsp3) is 0.407. The van der Waals surface area contributed by atoms with Gasteiger partial charge < -0.3 is 67.9 Å². The number of nitrogens with two attached hydrogens (primary N) is 1. The number of aromatic nitrogens is 5. The van der Waals surface area contributed by atoms with Crippen LogP contribution in [0.1, 0.15) is 81.5 Å². The molecule has 0 radical (unpaired) electrons. The van der Waals surface area contributed by atoms with E-state index in [0.717, 1.165) is 22.0 Å². The van der Waals surface area contributed by atoms with Gasteiger partial charge >= 0.3 is 0 Å². The first-order chi connectivity index (χ1) is 39.8. The van der Waals surface area contributed by atoms with Gasteiger partial charge in [0.1, 0.15) is 42.3 Å². The minimum Gasteiger partial charge on any atom is -0.390 e. The molecule has 83 heavy (non-hydrogen) atoms. The van der Waals surface area contributed by atoms with E-state index in [2.05, 4.69) is 62.1 Å². The smallest absolute Gasteiger partial charge is 0.245 e. The van der Waals surface area contributed by atoms with Gasteiger partial charge in [-0.2, -0.15) is 0 Å². The molecule has 1 aliphatic heterocycles. The zero-order valence-electron chi connectivity index (χ0n) is 46.9. The van der Waals surface area contributed by atoms with Crippen LogP contribution >= 0.6 is 0 Å². The molecule has 9 atom stereocenters. The highest BCUT2D eigenvalue weighted by Crippen LogP contribution is 2.24. The highest BCUT2D eigenvalue weighted by atomic mass is 16.3. The fourth-order valence-electron chi connectivity index (χ4n) is 9.99. The maximum Gasteiger partial charge on any atom is 0.245 e. The standard InChI is InChI=1S/C59H74N14O10/c1-34(2)52(58(82)67-35(3)54(78)71-47(27-41-31-62-33-65-41)59(83)73-23-13-20-48(73)49(74)28-51(76)68-44(53(60)77)24-38-16-9-6-10-17-38)72-55(79)36(4)66-56(80)45(25-39-29-63-43-19-12-11-18-42(39)43)70-57(81)46(26-40-30-61-32-64-40)69-50(75)22-21-37-14-7-5-8-15-37/h5-12,14-19,29-36,44-49,52,63,74H,13,20-28H2,1-4H3,(H2,60,77)(H,61,64)(H,62,65)(H,66,80)(H,67,82)(H,68,76)(H,69,75)(H,70,81)(H,71,78)(H,72,79)/t35-,36-,44-,45-,46-,47-,48-,49?,52-/m0/s1. The zero-order valence-corrected chi connectivity index (χ0v) is 46.9. The van der Waals surface area contributed by atoms with Crippen molar-refractivity contribution in [3.63, 3.8) is 0 Å². The number of hydrogen-bond donors (Lipinski definition) is 12. The third-order valence-corrected chi connectivity index (χ3v) is 14.6. The van der Waals surface area contributed by atoms with E-state index >= 15 is 0 Å². The van der Waals surface area contributed by atoms with E-state index in [0.29, 0.717) is 36.2 Å². The van der Waals surface area contributed by atoms with E-state index < -0.39 is 114 Å². The maximum absolute atomic E-state index is 14.4. The van der Waals surface area contributed by atoms with Crippen LogP contribution in [0.4, 0.5) is 0 Å².